The fourth-order valence-electron chi connectivity index (χ4n) is 0.758. The lowest BCUT2D eigenvalue weighted by molar-refractivity contribution is 0.100. The van der Waals surface area contributed by atoms with Crippen molar-refractivity contribution >= 4 is 5.91 Å². The molecule has 1 rings (SSSR count). The molecule has 1 aromatic rings. The smallest absolute Gasteiger partial charge is 0.248 e. The Kier molecular flexibility index (Phi) is 2.21. The summed E-state index contributed by atoms with van der Waals surface area (Å²) >= 11 is 0. The summed E-state index contributed by atoms with van der Waals surface area (Å²) in [6, 6.07) is 6.11. The molecule has 58 valence electrons. The van der Waals surface area contributed by atoms with Crippen molar-refractivity contribution in [3.63, 3.8) is 0 Å². The summed E-state index contributed by atoms with van der Waals surface area (Å²) in [7, 11) is 0. The number of primary amides is 1. The molecule has 0 spiro atoms. The van der Waals surface area contributed by atoms with Crippen LogP contribution in [0.1, 0.15) is 15.9 Å². The number of nitrogens with two attached hydrogens (primary N) is 1. The second-order valence-corrected chi connectivity index (χ2v) is 2.19. The highest BCUT2D eigenvalue weighted by Crippen LogP contribution is 2.04. The molecule has 0 aliphatic rings. The maximum Gasteiger partial charge on any atom is 0.248 e. The van der Waals surface area contributed by atoms with Crippen LogP contribution in [0.4, 0.5) is 4.39 Å². The summed E-state index contributed by atoms with van der Waals surface area (Å²) in [6.45, 7) is -0.515. The number of amides is 1. The number of benzene rings is 1. The van der Waals surface area contributed by atoms with Crippen molar-refractivity contribution < 1.29 is 9.18 Å². The van der Waals surface area contributed by atoms with Crippen molar-refractivity contribution in [3.05, 3.63) is 35.4 Å². The minimum absolute atomic E-state index is 0.405. The molecule has 11 heavy (non-hydrogen) atoms. The molecule has 0 atom stereocenters. The fourth-order valence-corrected chi connectivity index (χ4v) is 0.758. The number of carbonyl (C=O) groups is 1. The van der Waals surface area contributed by atoms with Gasteiger partial charge in [-0.25, -0.2) is 4.39 Å². The van der Waals surface area contributed by atoms with Crippen molar-refractivity contribution in [1.29, 1.82) is 0 Å². The van der Waals surface area contributed by atoms with Crippen LogP contribution >= 0.6 is 0 Å². The van der Waals surface area contributed by atoms with E-state index in [4.69, 9.17) is 5.73 Å². The van der Waals surface area contributed by atoms with Gasteiger partial charge in [-0.05, 0) is 17.7 Å². The monoisotopic (exact) mass is 153 g/mol. The molecule has 0 fully saturated rings. The topological polar surface area (TPSA) is 43.1 Å². The standard InChI is InChI=1S/C8H8FNO/c9-5-6-1-3-7(4-2-6)8(10)11/h1-4H,5H2,(H2,10,11). The van der Waals surface area contributed by atoms with Gasteiger partial charge in [0, 0.05) is 5.56 Å². The normalized spacial score (nSPS) is 9.55. The summed E-state index contributed by atoms with van der Waals surface area (Å²) in [5.41, 5.74) is 5.93. The molecular weight excluding hydrogens is 145 g/mol. The first-order valence-electron chi connectivity index (χ1n) is 3.18. The van der Waals surface area contributed by atoms with E-state index in [0.717, 1.165) is 0 Å². The second-order valence-electron chi connectivity index (χ2n) is 2.19. The highest BCUT2D eigenvalue weighted by molar-refractivity contribution is 5.92. The quantitative estimate of drug-likeness (QED) is 0.682. The van der Waals surface area contributed by atoms with Crippen LogP contribution in [0.25, 0.3) is 0 Å². The van der Waals surface area contributed by atoms with Crippen LogP contribution in [0.5, 0.6) is 0 Å². The van der Waals surface area contributed by atoms with Gasteiger partial charge in [0.2, 0.25) is 5.91 Å². The van der Waals surface area contributed by atoms with Crippen LogP contribution in [0.3, 0.4) is 0 Å². The van der Waals surface area contributed by atoms with Gasteiger partial charge < -0.3 is 5.73 Å². The van der Waals surface area contributed by atoms with Gasteiger partial charge in [-0.3, -0.25) is 4.79 Å². The van der Waals surface area contributed by atoms with E-state index in [-0.39, 0.29) is 0 Å². The van der Waals surface area contributed by atoms with Gasteiger partial charge >= 0.3 is 0 Å². The van der Waals surface area contributed by atoms with E-state index < -0.39 is 12.6 Å². The van der Waals surface area contributed by atoms with Crippen molar-refractivity contribution in [2.75, 3.05) is 0 Å². The molecule has 0 aromatic heterocycles. The molecule has 0 saturated carbocycles. The first-order valence-corrected chi connectivity index (χ1v) is 3.18. The van der Waals surface area contributed by atoms with E-state index in [0.29, 0.717) is 11.1 Å². The first kappa shape index (κ1) is 7.72. The molecular formula is C8H8FNO. The summed E-state index contributed by atoms with van der Waals surface area (Å²) in [4.78, 5) is 10.5. The molecule has 0 aliphatic heterocycles. The van der Waals surface area contributed by atoms with Crippen molar-refractivity contribution in [1.82, 2.24) is 0 Å². The zero-order valence-electron chi connectivity index (χ0n) is 5.88. The van der Waals surface area contributed by atoms with Gasteiger partial charge in [-0.15, -0.1) is 0 Å². The third kappa shape index (κ3) is 1.77. The average Bonchev–Trinajstić information content (AvgIpc) is 2.05. The zero-order chi connectivity index (χ0) is 8.27. The van der Waals surface area contributed by atoms with Gasteiger partial charge in [0.05, 0.1) is 0 Å². The van der Waals surface area contributed by atoms with Crippen molar-refractivity contribution in [2.24, 2.45) is 5.73 Å². The molecule has 0 aliphatic carbocycles. The summed E-state index contributed by atoms with van der Waals surface area (Å²) in [6.07, 6.45) is 0. The average molecular weight is 153 g/mol. The van der Waals surface area contributed by atoms with E-state index >= 15 is 0 Å². The van der Waals surface area contributed by atoms with E-state index in [1.807, 2.05) is 0 Å². The van der Waals surface area contributed by atoms with Crippen LogP contribution in [-0.2, 0) is 6.67 Å². The number of carbonyl (C=O) groups excluding carboxylic acids is 1. The molecule has 0 saturated heterocycles. The van der Waals surface area contributed by atoms with Crippen LogP contribution in [0, 0.1) is 0 Å². The Morgan fingerprint density at radius 1 is 1.36 bits per heavy atom. The summed E-state index contributed by atoms with van der Waals surface area (Å²) in [5.74, 6) is -0.490. The molecule has 2 N–H and O–H groups in total. The van der Waals surface area contributed by atoms with E-state index in [1.165, 1.54) is 12.1 Å². The first-order chi connectivity index (χ1) is 5.24. The lowest BCUT2D eigenvalue weighted by Crippen LogP contribution is -2.10. The Bertz CT molecular complexity index is 255. The Balaban J connectivity index is 2.91. The van der Waals surface area contributed by atoms with Gasteiger partial charge in [0.15, 0.2) is 0 Å². The van der Waals surface area contributed by atoms with Gasteiger partial charge in [0.25, 0.3) is 0 Å². The highest BCUT2D eigenvalue weighted by Gasteiger charge is 1.98. The summed E-state index contributed by atoms with van der Waals surface area (Å²) < 4.78 is 11.9. The van der Waals surface area contributed by atoms with Gasteiger partial charge in [-0.1, -0.05) is 12.1 Å². The lowest BCUT2D eigenvalue weighted by atomic mass is 10.1. The van der Waals surface area contributed by atoms with Crippen LogP contribution in [0.2, 0.25) is 0 Å². The maximum absolute atomic E-state index is 11.9. The predicted octanol–water partition coefficient (Wildman–Crippen LogP) is 1.26. The van der Waals surface area contributed by atoms with Crippen molar-refractivity contribution in [2.45, 2.75) is 6.67 Å². The minimum Gasteiger partial charge on any atom is -0.366 e. The Morgan fingerprint density at radius 3 is 2.27 bits per heavy atom. The molecule has 0 heterocycles. The largest absolute Gasteiger partial charge is 0.366 e. The predicted molar refractivity (Wildman–Crippen MR) is 39.8 cm³/mol. The molecule has 1 amide bonds. The van der Waals surface area contributed by atoms with Crippen molar-refractivity contribution in [3.8, 4) is 0 Å². The van der Waals surface area contributed by atoms with E-state index in [9.17, 15) is 9.18 Å². The third-order valence-electron chi connectivity index (χ3n) is 1.39. The van der Waals surface area contributed by atoms with Gasteiger partial charge in [0.1, 0.15) is 6.67 Å². The van der Waals surface area contributed by atoms with Crippen LogP contribution in [-0.4, -0.2) is 5.91 Å². The molecule has 0 unspecified atom stereocenters. The van der Waals surface area contributed by atoms with E-state index in [1.54, 1.807) is 12.1 Å². The highest BCUT2D eigenvalue weighted by atomic mass is 19.1. The number of rotatable bonds is 2. The zero-order valence-corrected chi connectivity index (χ0v) is 5.88. The second kappa shape index (κ2) is 3.14. The fraction of sp³-hybridized carbons (Fsp3) is 0.125. The van der Waals surface area contributed by atoms with Crippen LogP contribution < -0.4 is 5.73 Å². The molecule has 0 radical (unpaired) electrons. The third-order valence-corrected chi connectivity index (χ3v) is 1.39. The molecule has 1 aromatic carbocycles. The molecule has 0 bridgehead atoms. The lowest BCUT2D eigenvalue weighted by Gasteiger charge is -1.95. The number of alkyl halides is 1. The maximum atomic E-state index is 11.9. The molecule has 2 nitrogen and oxygen atoms in total. The minimum atomic E-state index is -0.515. The number of hydrogen-bond donors (Lipinski definition) is 1. The SMILES string of the molecule is NC(=O)c1ccc(CF)cc1. The van der Waals surface area contributed by atoms with E-state index in [2.05, 4.69) is 0 Å². The number of hydrogen-bond acceptors (Lipinski definition) is 1. The number of halogens is 1. The Morgan fingerprint density at radius 2 is 1.91 bits per heavy atom. The Labute approximate surface area is 63.8 Å². The Hall–Kier alpha value is -1.38. The van der Waals surface area contributed by atoms with Gasteiger partial charge in [-0.2, -0.15) is 0 Å². The summed E-state index contributed by atoms with van der Waals surface area (Å²) in [5, 5.41) is 0. The molecule has 3 heteroatoms. The van der Waals surface area contributed by atoms with Crippen LogP contribution in [0.15, 0.2) is 24.3 Å².